The summed E-state index contributed by atoms with van der Waals surface area (Å²) in [6, 6.07) is 8.44. The molecule has 20 heavy (non-hydrogen) atoms. The van der Waals surface area contributed by atoms with Gasteiger partial charge in [-0.05, 0) is 48.6 Å². The standard InChI is InChI=1S/C17H22N2O/c20-16(19-9-7-17(5-6-17)8-10-19)15-11-13-3-1-2-4-14(13)12-18-15/h1-4,15,18H,5-12H2/t15-/m0/s1. The second-order valence-corrected chi connectivity index (χ2v) is 6.73. The number of nitrogens with one attached hydrogen (secondary N) is 1. The fourth-order valence-electron chi connectivity index (χ4n) is 3.73. The normalized spacial score (nSPS) is 27.2. The minimum absolute atomic E-state index is 0.0156. The zero-order chi connectivity index (χ0) is 13.6. The first-order chi connectivity index (χ1) is 9.76. The number of carbonyl (C=O) groups excluding carboxylic acids is 1. The summed E-state index contributed by atoms with van der Waals surface area (Å²) in [7, 11) is 0. The summed E-state index contributed by atoms with van der Waals surface area (Å²) in [5, 5.41) is 3.42. The molecule has 3 heteroatoms. The van der Waals surface area contributed by atoms with Gasteiger partial charge < -0.3 is 10.2 Å². The molecule has 2 aliphatic heterocycles. The van der Waals surface area contributed by atoms with Crippen LogP contribution in [0.4, 0.5) is 0 Å². The Labute approximate surface area is 120 Å². The van der Waals surface area contributed by atoms with E-state index in [1.807, 2.05) is 0 Å². The van der Waals surface area contributed by atoms with Crippen LogP contribution in [-0.4, -0.2) is 29.9 Å². The van der Waals surface area contributed by atoms with Crippen LogP contribution in [0.25, 0.3) is 0 Å². The highest BCUT2D eigenvalue weighted by atomic mass is 16.2. The van der Waals surface area contributed by atoms with Gasteiger partial charge in [0.1, 0.15) is 0 Å². The SMILES string of the molecule is O=C([C@@H]1Cc2ccccc2CN1)N1CCC2(CC1)CC2. The molecule has 1 saturated carbocycles. The lowest BCUT2D eigenvalue weighted by Gasteiger charge is -2.36. The van der Waals surface area contributed by atoms with Crippen molar-refractivity contribution in [1.82, 2.24) is 10.2 Å². The number of fused-ring (bicyclic) bond motifs is 1. The number of hydrogen-bond donors (Lipinski definition) is 1. The smallest absolute Gasteiger partial charge is 0.240 e. The molecule has 1 atom stereocenters. The quantitative estimate of drug-likeness (QED) is 0.847. The summed E-state index contributed by atoms with van der Waals surface area (Å²) in [4.78, 5) is 14.8. The maximum absolute atomic E-state index is 12.7. The van der Waals surface area contributed by atoms with Gasteiger partial charge in [0, 0.05) is 19.6 Å². The van der Waals surface area contributed by atoms with Gasteiger partial charge in [0.25, 0.3) is 0 Å². The first kappa shape index (κ1) is 12.4. The molecule has 2 fully saturated rings. The number of hydrogen-bond acceptors (Lipinski definition) is 2. The summed E-state index contributed by atoms with van der Waals surface area (Å²) >= 11 is 0. The van der Waals surface area contributed by atoms with Crippen molar-refractivity contribution in [3.63, 3.8) is 0 Å². The topological polar surface area (TPSA) is 32.3 Å². The zero-order valence-corrected chi connectivity index (χ0v) is 11.9. The van der Waals surface area contributed by atoms with Gasteiger partial charge in [-0.3, -0.25) is 4.79 Å². The molecule has 0 unspecified atom stereocenters. The van der Waals surface area contributed by atoms with Gasteiger partial charge in [0.15, 0.2) is 0 Å². The van der Waals surface area contributed by atoms with Crippen LogP contribution in [0.1, 0.15) is 36.8 Å². The van der Waals surface area contributed by atoms with Gasteiger partial charge in [-0.1, -0.05) is 24.3 Å². The minimum Gasteiger partial charge on any atom is -0.341 e. The zero-order valence-electron chi connectivity index (χ0n) is 11.9. The van der Waals surface area contributed by atoms with Gasteiger partial charge >= 0.3 is 0 Å². The average Bonchev–Trinajstić information content (AvgIpc) is 3.26. The van der Waals surface area contributed by atoms with E-state index in [1.165, 1.54) is 36.8 Å². The lowest BCUT2D eigenvalue weighted by atomic mass is 9.91. The van der Waals surface area contributed by atoms with Crippen molar-refractivity contribution in [3.05, 3.63) is 35.4 Å². The molecule has 1 amide bonds. The maximum Gasteiger partial charge on any atom is 0.240 e. The number of piperidine rings is 1. The lowest BCUT2D eigenvalue weighted by Crippen LogP contribution is -2.51. The van der Waals surface area contributed by atoms with E-state index in [-0.39, 0.29) is 6.04 Å². The number of nitrogens with zero attached hydrogens (tertiary/aromatic N) is 1. The highest BCUT2D eigenvalue weighted by molar-refractivity contribution is 5.82. The molecule has 1 saturated heterocycles. The maximum atomic E-state index is 12.7. The molecule has 1 spiro atoms. The van der Waals surface area contributed by atoms with Gasteiger partial charge in [-0.25, -0.2) is 0 Å². The summed E-state index contributed by atoms with van der Waals surface area (Å²) in [6.45, 7) is 2.77. The van der Waals surface area contributed by atoms with Crippen molar-refractivity contribution in [1.29, 1.82) is 0 Å². The minimum atomic E-state index is -0.0156. The van der Waals surface area contributed by atoms with Crippen LogP contribution in [0.2, 0.25) is 0 Å². The van der Waals surface area contributed by atoms with Crippen molar-refractivity contribution < 1.29 is 4.79 Å². The summed E-state index contributed by atoms with van der Waals surface area (Å²) in [6.07, 6.45) is 6.08. The predicted octanol–water partition coefficient (Wildman–Crippen LogP) is 2.10. The van der Waals surface area contributed by atoms with Crippen LogP contribution in [0, 0.1) is 5.41 Å². The summed E-state index contributed by atoms with van der Waals surface area (Å²) < 4.78 is 0. The van der Waals surface area contributed by atoms with Crippen LogP contribution in [0.15, 0.2) is 24.3 Å². The molecule has 1 N–H and O–H groups in total. The first-order valence-corrected chi connectivity index (χ1v) is 7.85. The summed E-state index contributed by atoms with van der Waals surface area (Å²) in [5.74, 6) is 0.315. The van der Waals surface area contributed by atoms with Crippen molar-refractivity contribution in [2.24, 2.45) is 5.41 Å². The Kier molecular flexibility index (Phi) is 2.84. The van der Waals surface area contributed by atoms with E-state index in [4.69, 9.17) is 0 Å². The molecule has 1 aromatic rings. The highest BCUT2D eigenvalue weighted by Crippen LogP contribution is 2.53. The second kappa shape index (κ2) is 4.59. The van der Waals surface area contributed by atoms with Gasteiger partial charge in [-0.15, -0.1) is 0 Å². The fraction of sp³-hybridized carbons (Fsp3) is 0.588. The van der Waals surface area contributed by atoms with Crippen LogP contribution >= 0.6 is 0 Å². The lowest BCUT2D eigenvalue weighted by molar-refractivity contribution is -0.135. The highest BCUT2D eigenvalue weighted by Gasteiger charge is 2.45. The third-order valence-corrected chi connectivity index (χ3v) is 5.47. The van der Waals surface area contributed by atoms with Crippen LogP contribution in [-0.2, 0) is 17.8 Å². The third kappa shape index (κ3) is 2.14. The van der Waals surface area contributed by atoms with E-state index >= 15 is 0 Å². The van der Waals surface area contributed by atoms with Gasteiger partial charge in [-0.2, -0.15) is 0 Å². The second-order valence-electron chi connectivity index (χ2n) is 6.73. The monoisotopic (exact) mass is 270 g/mol. The molecule has 1 aliphatic carbocycles. The predicted molar refractivity (Wildman–Crippen MR) is 78.3 cm³/mol. The van der Waals surface area contributed by atoms with Crippen molar-refractivity contribution in [2.75, 3.05) is 13.1 Å². The number of benzene rings is 1. The van der Waals surface area contributed by atoms with Crippen molar-refractivity contribution in [3.8, 4) is 0 Å². The Hall–Kier alpha value is -1.35. The van der Waals surface area contributed by atoms with Gasteiger partial charge in [0.05, 0.1) is 6.04 Å². The Morgan fingerprint density at radius 3 is 2.50 bits per heavy atom. The number of amides is 1. The molecule has 2 heterocycles. The molecular formula is C17H22N2O. The molecule has 1 aromatic carbocycles. The Morgan fingerprint density at radius 1 is 1.10 bits per heavy atom. The van der Waals surface area contributed by atoms with Crippen molar-refractivity contribution in [2.45, 2.75) is 44.7 Å². The largest absolute Gasteiger partial charge is 0.341 e. The number of rotatable bonds is 1. The van der Waals surface area contributed by atoms with E-state index in [2.05, 4.69) is 34.5 Å². The Bertz CT molecular complexity index is 526. The van der Waals surface area contributed by atoms with Crippen molar-refractivity contribution >= 4 is 5.91 Å². The van der Waals surface area contributed by atoms with E-state index in [0.717, 1.165) is 26.1 Å². The van der Waals surface area contributed by atoms with Gasteiger partial charge in [0.2, 0.25) is 5.91 Å². The molecule has 106 valence electrons. The van der Waals surface area contributed by atoms with Crippen LogP contribution < -0.4 is 5.32 Å². The number of likely N-dealkylation sites (tertiary alicyclic amines) is 1. The first-order valence-electron chi connectivity index (χ1n) is 7.85. The molecule has 3 aliphatic rings. The van der Waals surface area contributed by atoms with E-state index < -0.39 is 0 Å². The summed E-state index contributed by atoms with van der Waals surface area (Å²) in [5.41, 5.74) is 3.32. The Morgan fingerprint density at radius 2 is 1.80 bits per heavy atom. The Balaban J connectivity index is 1.42. The molecular weight excluding hydrogens is 248 g/mol. The average molecular weight is 270 g/mol. The van der Waals surface area contributed by atoms with Crippen LogP contribution in [0.5, 0.6) is 0 Å². The molecule has 0 radical (unpaired) electrons. The van der Waals surface area contributed by atoms with E-state index in [0.29, 0.717) is 11.3 Å². The third-order valence-electron chi connectivity index (χ3n) is 5.47. The van der Waals surface area contributed by atoms with E-state index in [1.54, 1.807) is 0 Å². The molecule has 3 nitrogen and oxygen atoms in total. The fourth-order valence-corrected chi connectivity index (χ4v) is 3.73. The molecule has 4 rings (SSSR count). The molecule has 0 bridgehead atoms. The number of carbonyl (C=O) groups is 1. The van der Waals surface area contributed by atoms with E-state index in [9.17, 15) is 4.79 Å². The molecule has 0 aromatic heterocycles. The van der Waals surface area contributed by atoms with Crippen LogP contribution in [0.3, 0.4) is 0 Å².